The lowest BCUT2D eigenvalue weighted by atomic mass is 10.2. The number of rotatable bonds is 6. The predicted molar refractivity (Wildman–Crippen MR) is 98.0 cm³/mol. The van der Waals surface area contributed by atoms with Crippen LogP contribution >= 0.6 is 23.1 Å². The van der Waals surface area contributed by atoms with Crippen LogP contribution in [-0.4, -0.2) is 23.8 Å². The molecule has 0 amide bonds. The summed E-state index contributed by atoms with van der Waals surface area (Å²) in [6.07, 6.45) is 1.91. The highest BCUT2D eigenvalue weighted by Crippen LogP contribution is 2.36. The average molecular weight is 356 g/mol. The zero-order chi connectivity index (χ0) is 16.9. The zero-order valence-electron chi connectivity index (χ0n) is 12.9. The molecule has 0 saturated heterocycles. The summed E-state index contributed by atoms with van der Waals surface area (Å²) in [6, 6.07) is 15.4. The number of benzene rings is 2. The highest BCUT2D eigenvalue weighted by Gasteiger charge is 2.11. The number of aliphatic carboxylic acids is 1. The van der Waals surface area contributed by atoms with E-state index in [4.69, 9.17) is 4.74 Å². The van der Waals surface area contributed by atoms with Crippen LogP contribution < -0.4 is 9.84 Å². The van der Waals surface area contributed by atoms with Gasteiger partial charge in [-0.25, -0.2) is 4.98 Å². The number of thiazole rings is 1. The quantitative estimate of drug-likeness (QED) is 0.678. The maximum absolute atomic E-state index is 10.9. The molecule has 0 bridgehead atoms. The van der Waals surface area contributed by atoms with E-state index >= 15 is 0 Å². The summed E-state index contributed by atoms with van der Waals surface area (Å²) in [5.41, 5.74) is 1.78. The lowest BCUT2D eigenvalue weighted by molar-refractivity contribution is -0.301. The number of fused-ring (bicyclic) bond motifs is 1. The zero-order valence-corrected chi connectivity index (χ0v) is 14.5. The molecule has 0 radical (unpaired) electrons. The molecule has 0 fully saturated rings. The van der Waals surface area contributed by atoms with Crippen molar-refractivity contribution in [2.45, 2.75) is 0 Å². The number of ether oxygens (including phenoxy) is 1. The maximum Gasteiger partial charge on any atom is 0.131 e. The lowest BCUT2D eigenvalue weighted by Gasteiger charge is -2.08. The summed E-state index contributed by atoms with van der Waals surface area (Å²) in [5, 5.41) is 11.7. The smallest absolute Gasteiger partial charge is 0.131 e. The Kier molecular flexibility index (Phi) is 5.17. The van der Waals surface area contributed by atoms with Crippen LogP contribution in [0, 0.1) is 0 Å². The van der Waals surface area contributed by atoms with Crippen LogP contribution in [0.1, 0.15) is 10.6 Å². The Morgan fingerprint density at radius 2 is 2.00 bits per heavy atom. The van der Waals surface area contributed by atoms with Gasteiger partial charge in [0.15, 0.2) is 0 Å². The number of hydrogen-bond donors (Lipinski definition) is 0. The summed E-state index contributed by atoms with van der Waals surface area (Å²) in [6.45, 7) is 0. The summed E-state index contributed by atoms with van der Waals surface area (Å²) in [4.78, 5) is 16.3. The van der Waals surface area contributed by atoms with Crippen LogP contribution in [0.4, 0.5) is 0 Å². The highest BCUT2D eigenvalue weighted by molar-refractivity contribution is 8.09. The van der Waals surface area contributed by atoms with Crippen molar-refractivity contribution in [3.63, 3.8) is 0 Å². The third-order valence-electron chi connectivity index (χ3n) is 3.28. The molecular weight excluding hydrogens is 342 g/mol. The first-order valence-electron chi connectivity index (χ1n) is 7.20. The number of aromatic nitrogens is 1. The summed E-state index contributed by atoms with van der Waals surface area (Å²) < 4.78 is 6.43. The van der Waals surface area contributed by atoms with Gasteiger partial charge in [-0.05, 0) is 24.3 Å². The average Bonchev–Trinajstić information content (AvgIpc) is 3.02. The molecule has 6 heteroatoms. The minimum Gasteiger partial charge on any atom is -0.549 e. The van der Waals surface area contributed by atoms with Crippen molar-refractivity contribution in [1.29, 1.82) is 0 Å². The first kappa shape index (κ1) is 16.5. The molecule has 0 unspecified atom stereocenters. The number of nitrogens with zero attached hydrogens (tertiary/aromatic N) is 1. The van der Waals surface area contributed by atoms with Gasteiger partial charge in [0.05, 0.1) is 23.3 Å². The second-order valence-electron chi connectivity index (χ2n) is 4.90. The number of thioether (sulfide) groups is 1. The minimum absolute atomic E-state index is 0.128. The van der Waals surface area contributed by atoms with Gasteiger partial charge in [-0.15, -0.1) is 23.1 Å². The second kappa shape index (κ2) is 7.51. The molecule has 122 valence electrons. The van der Waals surface area contributed by atoms with Crippen molar-refractivity contribution < 1.29 is 14.6 Å². The number of para-hydroxylation sites is 2. The van der Waals surface area contributed by atoms with Crippen molar-refractivity contribution in [1.82, 2.24) is 4.98 Å². The molecule has 1 aromatic heterocycles. The van der Waals surface area contributed by atoms with Crippen LogP contribution in [0.5, 0.6) is 5.75 Å². The van der Waals surface area contributed by atoms with Crippen LogP contribution in [0.25, 0.3) is 21.2 Å². The van der Waals surface area contributed by atoms with Crippen LogP contribution in [-0.2, 0) is 4.79 Å². The number of methoxy groups -OCH3 is 1. The van der Waals surface area contributed by atoms with E-state index in [2.05, 4.69) is 4.98 Å². The van der Waals surface area contributed by atoms with E-state index in [1.165, 1.54) is 23.1 Å². The summed E-state index contributed by atoms with van der Waals surface area (Å²) in [5.74, 6) is -0.506. The van der Waals surface area contributed by atoms with Crippen molar-refractivity contribution >= 4 is 50.3 Å². The third kappa shape index (κ3) is 3.77. The van der Waals surface area contributed by atoms with Crippen molar-refractivity contribution in [3.05, 3.63) is 59.1 Å². The molecule has 0 N–H and O–H groups in total. The fraction of sp³-hybridized carbons (Fsp3) is 0.111. The van der Waals surface area contributed by atoms with Gasteiger partial charge in [0.25, 0.3) is 0 Å². The van der Waals surface area contributed by atoms with E-state index in [1.807, 2.05) is 54.6 Å². The third-order valence-corrected chi connectivity index (χ3v) is 5.48. The van der Waals surface area contributed by atoms with E-state index in [-0.39, 0.29) is 5.75 Å². The molecule has 1 heterocycles. The standard InChI is InChI=1S/C18H15NO3S2/c1-22-14-8-4-2-6-12(14)10-16(23-11-17(20)21)18-19-13-7-3-5-9-15(13)24-18/h2-10H,11H2,1H3,(H,20,21)/p-1/b16-10-. The normalized spacial score (nSPS) is 11.6. The van der Waals surface area contributed by atoms with Gasteiger partial charge < -0.3 is 14.6 Å². The van der Waals surface area contributed by atoms with Gasteiger partial charge >= 0.3 is 0 Å². The van der Waals surface area contributed by atoms with E-state index in [0.717, 1.165) is 31.4 Å². The molecule has 3 rings (SSSR count). The van der Waals surface area contributed by atoms with E-state index in [1.54, 1.807) is 7.11 Å². The topological polar surface area (TPSA) is 62.2 Å². The lowest BCUT2D eigenvalue weighted by Crippen LogP contribution is -2.24. The molecule has 4 nitrogen and oxygen atoms in total. The number of carboxylic acids is 1. The maximum atomic E-state index is 10.9. The molecule has 0 aliphatic rings. The van der Waals surface area contributed by atoms with Crippen molar-refractivity contribution in [3.8, 4) is 5.75 Å². The Bertz CT molecular complexity index is 869. The molecule has 0 saturated carbocycles. The minimum atomic E-state index is -1.10. The van der Waals surface area contributed by atoms with Gasteiger partial charge in [0, 0.05) is 16.2 Å². The van der Waals surface area contributed by atoms with E-state index < -0.39 is 5.97 Å². The van der Waals surface area contributed by atoms with Crippen LogP contribution in [0.2, 0.25) is 0 Å². The van der Waals surface area contributed by atoms with Gasteiger partial charge in [-0.3, -0.25) is 0 Å². The van der Waals surface area contributed by atoms with Gasteiger partial charge in [0.2, 0.25) is 0 Å². The fourth-order valence-electron chi connectivity index (χ4n) is 2.21. The summed E-state index contributed by atoms with van der Waals surface area (Å²) in [7, 11) is 1.61. The monoisotopic (exact) mass is 356 g/mol. The number of carboxylic acid groups (broad SMARTS) is 1. The number of carbonyl (C=O) groups is 1. The van der Waals surface area contributed by atoms with E-state index in [0.29, 0.717) is 0 Å². The van der Waals surface area contributed by atoms with E-state index in [9.17, 15) is 9.90 Å². The Balaban J connectivity index is 2.05. The van der Waals surface area contributed by atoms with Gasteiger partial charge in [-0.2, -0.15) is 0 Å². The largest absolute Gasteiger partial charge is 0.549 e. The molecule has 0 aliphatic carbocycles. The van der Waals surface area contributed by atoms with Crippen molar-refractivity contribution in [2.24, 2.45) is 0 Å². The molecule has 0 atom stereocenters. The predicted octanol–water partition coefficient (Wildman–Crippen LogP) is 3.29. The van der Waals surface area contributed by atoms with Crippen LogP contribution in [0.3, 0.4) is 0 Å². The number of carbonyl (C=O) groups excluding carboxylic acids is 1. The fourth-order valence-corrected chi connectivity index (χ4v) is 4.04. The molecule has 24 heavy (non-hydrogen) atoms. The molecular formula is C18H14NO3S2-. The molecule has 0 spiro atoms. The Morgan fingerprint density at radius 1 is 1.25 bits per heavy atom. The Morgan fingerprint density at radius 3 is 2.75 bits per heavy atom. The Hall–Kier alpha value is -2.31. The molecule has 3 aromatic rings. The highest BCUT2D eigenvalue weighted by atomic mass is 32.2. The number of hydrogen-bond acceptors (Lipinski definition) is 6. The Labute approximate surface area is 147 Å². The molecule has 2 aromatic carbocycles. The second-order valence-corrected chi connectivity index (χ2v) is 6.95. The summed E-state index contributed by atoms with van der Waals surface area (Å²) >= 11 is 2.74. The van der Waals surface area contributed by atoms with Gasteiger partial charge in [0.1, 0.15) is 10.8 Å². The first-order valence-corrected chi connectivity index (χ1v) is 9.01. The van der Waals surface area contributed by atoms with Crippen molar-refractivity contribution in [2.75, 3.05) is 12.9 Å². The molecule has 0 aliphatic heterocycles. The van der Waals surface area contributed by atoms with Crippen LogP contribution in [0.15, 0.2) is 48.5 Å². The van der Waals surface area contributed by atoms with Gasteiger partial charge in [-0.1, -0.05) is 30.3 Å². The SMILES string of the molecule is COc1ccccc1/C=C(\SCC(=O)[O-])c1nc2ccccc2s1. The first-order chi connectivity index (χ1) is 11.7.